The maximum Gasteiger partial charge on any atom is 0.325 e. The van der Waals surface area contributed by atoms with Crippen LogP contribution in [0.2, 0.25) is 0 Å². The predicted molar refractivity (Wildman–Crippen MR) is 97.4 cm³/mol. The van der Waals surface area contributed by atoms with Gasteiger partial charge in [-0.3, -0.25) is 19.2 Å². The zero-order chi connectivity index (χ0) is 20.4. The first-order chi connectivity index (χ1) is 12.7. The van der Waals surface area contributed by atoms with Crippen molar-refractivity contribution in [1.82, 2.24) is 16.0 Å². The number of carbonyl (C=O) groups excluding carboxylic acids is 3. The molecule has 2 unspecified atom stereocenters. The Hall–Kier alpha value is -3.10. The van der Waals surface area contributed by atoms with Gasteiger partial charge in [-0.15, -0.1) is 0 Å². The van der Waals surface area contributed by atoms with Gasteiger partial charge in [0, 0.05) is 6.08 Å². The number of hydrogen-bond donors (Lipinski definition) is 4. The molecule has 0 aromatic carbocycles. The number of aliphatic carboxylic acids is 1. The molecule has 0 aliphatic rings. The Labute approximate surface area is 157 Å². The number of carboxylic acids is 1. The molecule has 1 aromatic heterocycles. The molecule has 0 spiro atoms. The van der Waals surface area contributed by atoms with E-state index in [2.05, 4.69) is 16.0 Å². The minimum Gasteiger partial charge on any atom is -0.480 e. The van der Waals surface area contributed by atoms with Crippen LogP contribution in [-0.4, -0.2) is 47.4 Å². The monoisotopic (exact) mass is 379 g/mol. The molecule has 9 nitrogen and oxygen atoms in total. The number of furan rings is 1. The third-order valence-electron chi connectivity index (χ3n) is 3.45. The first-order valence-electron chi connectivity index (χ1n) is 8.51. The molecule has 27 heavy (non-hydrogen) atoms. The molecule has 0 saturated heterocycles. The lowest BCUT2D eigenvalue weighted by molar-refractivity contribution is -0.141. The van der Waals surface area contributed by atoms with Crippen molar-refractivity contribution in [1.29, 1.82) is 0 Å². The molecule has 4 N–H and O–H groups in total. The number of amides is 3. The number of nitrogens with one attached hydrogen (secondary N) is 3. The number of hydrogen-bond acceptors (Lipinski definition) is 5. The van der Waals surface area contributed by atoms with Crippen molar-refractivity contribution >= 4 is 29.8 Å². The zero-order valence-corrected chi connectivity index (χ0v) is 15.5. The summed E-state index contributed by atoms with van der Waals surface area (Å²) in [5.41, 5.74) is 0. The average Bonchev–Trinajstić information content (AvgIpc) is 3.10. The SMILES string of the molecule is CC(C)CC(NC(=O)CNC(=O)C=Cc1ccco1)C(=O)NC(C)C(=O)O. The standard InChI is InChI=1S/C18H25N3O6/c1-11(2)9-14(17(24)20-12(3)18(25)26)21-16(23)10-19-15(22)7-6-13-5-4-8-27-13/h4-8,11-12,14H,9-10H2,1-3H3,(H,19,22)(H,20,24)(H,21,23)(H,25,26). The average molecular weight is 379 g/mol. The Kier molecular flexibility index (Phi) is 8.77. The molecule has 3 amide bonds. The second kappa shape index (κ2) is 10.8. The molecule has 0 saturated carbocycles. The van der Waals surface area contributed by atoms with Crippen LogP contribution in [-0.2, 0) is 19.2 Å². The first-order valence-corrected chi connectivity index (χ1v) is 8.51. The van der Waals surface area contributed by atoms with Gasteiger partial charge in [-0.1, -0.05) is 13.8 Å². The third kappa shape index (κ3) is 8.70. The summed E-state index contributed by atoms with van der Waals surface area (Å²) in [6, 6.07) is 1.38. The van der Waals surface area contributed by atoms with Crippen molar-refractivity contribution in [3.63, 3.8) is 0 Å². The smallest absolute Gasteiger partial charge is 0.325 e. The summed E-state index contributed by atoms with van der Waals surface area (Å²) in [5.74, 6) is -2.23. The lowest BCUT2D eigenvalue weighted by atomic mass is 10.0. The summed E-state index contributed by atoms with van der Waals surface area (Å²) in [6.45, 7) is 4.75. The molecular formula is C18H25N3O6. The number of carbonyl (C=O) groups is 4. The Bertz CT molecular complexity index is 681. The van der Waals surface area contributed by atoms with E-state index < -0.39 is 35.8 Å². The van der Waals surface area contributed by atoms with Gasteiger partial charge in [-0.25, -0.2) is 0 Å². The highest BCUT2D eigenvalue weighted by Gasteiger charge is 2.24. The predicted octanol–water partition coefficient (Wildman–Crippen LogP) is 0.529. The van der Waals surface area contributed by atoms with E-state index in [1.807, 2.05) is 13.8 Å². The fourth-order valence-corrected chi connectivity index (χ4v) is 2.09. The van der Waals surface area contributed by atoms with Crippen LogP contribution < -0.4 is 16.0 Å². The molecule has 0 radical (unpaired) electrons. The van der Waals surface area contributed by atoms with Gasteiger partial charge in [0.2, 0.25) is 17.7 Å². The van der Waals surface area contributed by atoms with E-state index in [4.69, 9.17) is 9.52 Å². The van der Waals surface area contributed by atoms with E-state index in [0.717, 1.165) is 0 Å². The molecule has 2 atom stereocenters. The maximum absolute atomic E-state index is 12.2. The van der Waals surface area contributed by atoms with Gasteiger partial charge in [0.15, 0.2) is 0 Å². The molecular weight excluding hydrogens is 354 g/mol. The Morgan fingerprint density at radius 2 is 1.89 bits per heavy atom. The summed E-state index contributed by atoms with van der Waals surface area (Å²) >= 11 is 0. The van der Waals surface area contributed by atoms with Crippen LogP contribution >= 0.6 is 0 Å². The molecule has 1 rings (SSSR count). The van der Waals surface area contributed by atoms with Gasteiger partial charge in [0.05, 0.1) is 12.8 Å². The molecule has 0 aliphatic heterocycles. The van der Waals surface area contributed by atoms with Crippen molar-refractivity contribution in [2.24, 2.45) is 5.92 Å². The van der Waals surface area contributed by atoms with Crippen molar-refractivity contribution in [3.05, 3.63) is 30.2 Å². The van der Waals surface area contributed by atoms with Crippen molar-refractivity contribution in [2.75, 3.05) is 6.54 Å². The molecule has 0 bridgehead atoms. The zero-order valence-electron chi connectivity index (χ0n) is 15.5. The van der Waals surface area contributed by atoms with E-state index in [0.29, 0.717) is 12.2 Å². The van der Waals surface area contributed by atoms with E-state index in [9.17, 15) is 19.2 Å². The van der Waals surface area contributed by atoms with Crippen LogP contribution in [0.3, 0.4) is 0 Å². The topological polar surface area (TPSA) is 138 Å². The molecule has 1 aromatic rings. The summed E-state index contributed by atoms with van der Waals surface area (Å²) in [5, 5.41) is 16.1. The van der Waals surface area contributed by atoms with Gasteiger partial charge < -0.3 is 25.5 Å². The molecule has 0 fully saturated rings. The van der Waals surface area contributed by atoms with Crippen LogP contribution in [0.15, 0.2) is 28.9 Å². The summed E-state index contributed by atoms with van der Waals surface area (Å²) in [7, 11) is 0. The van der Waals surface area contributed by atoms with Crippen molar-refractivity contribution < 1.29 is 28.7 Å². The normalized spacial score (nSPS) is 13.2. The van der Waals surface area contributed by atoms with Gasteiger partial charge >= 0.3 is 5.97 Å². The Morgan fingerprint density at radius 1 is 1.19 bits per heavy atom. The largest absolute Gasteiger partial charge is 0.480 e. The number of carboxylic acid groups (broad SMARTS) is 1. The lowest BCUT2D eigenvalue weighted by Gasteiger charge is -2.21. The van der Waals surface area contributed by atoms with Gasteiger partial charge in [-0.2, -0.15) is 0 Å². The summed E-state index contributed by atoms with van der Waals surface area (Å²) < 4.78 is 5.04. The molecule has 0 aliphatic carbocycles. The summed E-state index contributed by atoms with van der Waals surface area (Å²) in [4.78, 5) is 46.8. The van der Waals surface area contributed by atoms with Crippen LogP contribution in [0.5, 0.6) is 0 Å². The van der Waals surface area contributed by atoms with E-state index in [1.165, 1.54) is 25.3 Å². The van der Waals surface area contributed by atoms with Crippen molar-refractivity contribution in [3.8, 4) is 0 Å². The third-order valence-corrected chi connectivity index (χ3v) is 3.45. The van der Waals surface area contributed by atoms with Crippen LogP contribution in [0, 0.1) is 5.92 Å². The minimum atomic E-state index is -1.17. The second-order valence-corrected chi connectivity index (χ2v) is 6.38. The van der Waals surface area contributed by atoms with Crippen LogP contribution in [0.25, 0.3) is 6.08 Å². The Morgan fingerprint density at radius 3 is 2.44 bits per heavy atom. The minimum absolute atomic E-state index is 0.0898. The van der Waals surface area contributed by atoms with E-state index in [-0.39, 0.29) is 12.5 Å². The first kappa shape index (κ1) is 21.9. The maximum atomic E-state index is 12.2. The van der Waals surface area contributed by atoms with Gasteiger partial charge in [-0.05, 0) is 37.5 Å². The quantitative estimate of drug-likeness (QED) is 0.438. The second-order valence-electron chi connectivity index (χ2n) is 6.38. The van der Waals surface area contributed by atoms with Crippen molar-refractivity contribution in [2.45, 2.75) is 39.3 Å². The van der Waals surface area contributed by atoms with E-state index >= 15 is 0 Å². The fraction of sp³-hybridized carbons (Fsp3) is 0.444. The fourth-order valence-electron chi connectivity index (χ4n) is 2.09. The Balaban J connectivity index is 2.53. The van der Waals surface area contributed by atoms with E-state index in [1.54, 1.807) is 12.1 Å². The molecule has 9 heteroatoms. The number of rotatable bonds is 10. The molecule has 1 heterocycles. The van der Waals surface area contributed by atoms with Crippen LogP contribution in [0.1, 0.15) is 33.0 Å². The highest BCUT2D eigenvalue weighted by Crippen LogP contribution is 2.05. The lowest BCUT2D eigenvalue weighted by Crippen LogP contribution is -2.52. The van der Waals surface area contributed by atoms with Gasteiger partial charge in [0.1, 0.15) is 17.8 Å². The molecule has 148 valence electrons. The van der Waals surface area contributed by atoms with Crippen LogP contribution in [0.4, 0.5) is 0 Å². The summed E-state index contributed by atoms with van der Waals surface area (Å²) in [6.07, 6.45) is 4.47. The highest BCUT2D eigenvalue weighted by molar-refractivity contribution is 5.95. The highest BCUT2D eigenvalue weighted by atomic mass is 16.4. The van der Waals surface area contributed by atoms with Gasteiger partial charge in [0.25, 0.3) is 0 Å².